The van der Waals surface area contributed by atoms with Crippen molar-refractivity contribution in [2.75, 3.05) is 0 Å². The molecule has 3 rings (SSSR count). The third-order valence-electron chi connectivity index (χ3n) is 3.69. The van der Waals surface area contributed by atoms with Crippen molar-refractivity contribution in [3.05, 3.63) is 60.4 Å². The number of nitrogens with zero attached hydrogens (tertiary/aromatic N) is 3. The summed E-state index contributed by atoms with van der Waals surface area (Å²) in [6.45, 7) is -1.08. The highest BCUT2D eigenvalue weighted by Gasteiger charge is 2.07. The molecule has 3 aromatic rings. The molecule has 0 atom stereocenters. The molecule has 1 aromatic heterocycles. The van der Waals surface area contributed by atoms with Gasteiger partial charge in [-0.15, -0.1) is 0 Å². The Morgan fingerprint density at radius 1 is 1.23 bits per heavy atom. The van der Waals surface area contributed by atoms with E-state index in [0.717, 1.165) is 11.0 Å². The van der Waals surface area contributed by atoms with Gasteiger partial charge in [0.1, 0.15) is 12.3 Å². The van der Waals surface area contributed by atoms with Crippen LogP contribution in [-0.4, -0.2) is 27.8 Å². The molecule has 26 heavy (non-hydrogen) atoms. The first kappa shape index (κ1) is 17.5. The van der Waals surface area contributed by atoms with E-state index in [1.54, 1.807) is 30.0 Å². The summed E-state index contributed by atoms with van der Waals surface area (Å²) in [4.78, 5) is 16.3. The minimum absolute atomic E-state index is 0.0626. The quantitative estimate of drug-likeness (QED) is 0.544. The van der Waals surface area contributed by atoms with Crippen LogP contribution < -0.4 is 10.2 Å². The second kappa shape index (κ2) is 7.73. The second-order valence-electron chi connectivity index (χ2n) is 5.50. The van der Waals surface area contributed by atoms with Crippen LogP contribution in [0, 0.1) is 0 Å². The van der Waals surface area contributed by atoms with Gasteiger partial charge in [-0.1, -0.05) is 12.1 Å². The first-order chi connectivity index (χ1) is 12.5. The Morgan fingerprint density at radius 2 is 1.96 bits per heavy atom. The predicted octanol–water partition coefficient (Wildman–Crippen LogP) is 3.18. The summed E-state index contributed by atoms with van der Waals surface area (Å²) in [5.74, 6) is -0.238. The average Bonchev–Trinajstić information content (AvgIpc) is 3.03. The Hall–Kier alpha value is -3.29. The van der Waals surface area contributed by atoms with Gasteiger partial charge in [0.05, 0.1) is 23.1 Å². The van der Waals surface area contributed by atoms with Crippen LogP contribution in [0.3, 0.4) is 0 Å². The molecule has 0 spiro atoms. The van der Waals surface area contributed by atoms with Crippen molar-refractivity contribution in [2.24, 2.45) is 5.10 Å². The third kappa shape index (κ3) is 4.21. The standard InChI is InChI=1S/C18H16F2N4O2/c1-12(13-6-8-14(9-7-13)26-18(19)20)22-23-17(25)10-24-11-21-15-4-2-3-5-16(15)24/h2-9,11,18H,10H2,1H3,(H,23,25)/b22-12-. The molecule has 0 aliphatic carbocycles. The molecule has 1 heterocycles. The Labute approximate surface area is 148 Å². The normalized spacial score (nSPS) is 11.8. The Morgan fingerprint density at radius 3 is 2.69 bits per heavy atom. The van der Waals surface area contributed by atoms with Crippen molar-refractivity contribution in [1.82, 2.24) is 15.0 Å². The number of imidazole rings is 1. The first-order valence-electron chi connectivity index (χ1n) is 7.81. The van der Waals surface area contributed by atoms with Gasteiger partial charge < -0.3 is 9.30 Å². The Balaban J connectivity index is 1.62. The van der Waals surface area contributed by atoms with E-state index < -0.39 is 6.61 Å². The molecule has 0 aliphatic rings. The lowest BCUT2D eigenvalue weighted by molar-refractivity contribution is -0.121. The van der Waals surface area contributed by atoms with E-state index in [4.69, 9.17) is 0 Å². The lowest BCUT2D eigenvalue weighted by Crippen LogP contribution is -2.24. The van der Waals surface area contributed by atoms with Crippen LogP contribution in [0.15, 0.2) is 60.0 Å². The fraction of sp³-hybridized carbons (Fsp3) is 0.167. The number of amides is 1. The maximum Gasteiger partial charge on any atom is 0.387 e. The summed E-state index contributed by atoms with van der Waals surface area (Å²) < 4.78 is 30.3. The first-order valence-corrected chi connectivity index (χ1v) is 7.81. The van der Waals surface area contributed by atoms with Crippen molar-refractivity contribution in [2.45, 2.75) is 20.1 Å². The zero-order valence-corrected chi connectivity index (χ0v) is 13.9. The van der Waals surface area contributed by atoms with Crippen LogP contribution in [0.25, 0.3) is 11.0 Å². The molecule has 0 bridgehead atoms. The van der Waals surface area contributed by atoms with Gasteiger partial charge >= 0.3 is 6.61 Å². The third-order valence-corrected chi connectivity index (χ3v) is 3.69. The van der Waals surface area contributed by atoms with E-state index in [1.807, 2.05) is 24.3 Å². The Bertz CT molecular complexity index is 936. The summed E-state index contributed by atoms with van der Waals surface area (Å²) in [6.07, 6.45) is 1.60. The van der Waals surface area contributed by atoms with E-state index in [9.17, 15) is 13.6 Å². The van der Waals surface area contributed by atoms with Gasteiger partial charge in [-0.3, -0.25) is 4.79 Å². The van der Waals surface area contributed by atoms with Gasteiger partial charge in [-0.25, -0.2) is 10.4 Å². The number of hydrogen-bond acceptors (Lipinski definition) is 4. The zero-order chi connectivity index (χ0) is 18.5. The van der Waals surface area contributed by atoms with Crippen molar-refractivity contribution >= 4 is 22.7 Å². The number of alkyl halides is 2. The lowest BCUT2D eigenvalue weighted by Gasteiger charge is -2.06. The van der Waals surface area contributed by atoms with Crippen molar-refractivity contribution < 1.29 is 18.3 Å². The van der Waals surface area contributed by atoms with Gasteiger partial charge in [0.25, 0.3) is 5.91 Å². The number of carbonyl (C=O) groups is 1. The molecule has 0 fully saturated rings. The highest BCUT2D eigenvalue weighted by atomic mass is 19.3. The number of fused-ring (bicyclic) bond motifs is 1. The molecule has 134 valence electrons. The van der Waals surface area contributed by atoms with E-state index in [0.29, 0.717) is 11.3 Å². The summed E-state index contributed by atoms with van der Waals surface area (Å²) in [7, 11) is 0. The maximum absolute atomic E-state index is 12.1. The van der Waals surface area contributed by atoms with Crippen LogP contribution in [0.4, 0.5) is 8.78 Å². The maximum atomic E-state index is 12.1. The number of carbonyl (C=O) groups excluding carboxylic acids is 1. The highest BCUT2D eigenvalue weighted by Crippen LogP contribution is 2.15. The average molecular weight is 358 g/mol. The number of benzene rings is 2. The lowest BCUT2D eigenvalue weighted by atomic mass is 10.1. The molecule has 0 unspecified atom stereocenters. The minimum atomic E-state index is -2.87. The van der Waals surface area contributed by atoms with E-state index in [1.165, 1.54) is 12.1 Å². The number of aromatic nitrogens is 2. The van der Waals surface area contributed by atoms with Crippen molar-refractivity contribution in [3.8, 4) is 5.75 Å². The van der Waals surface area contributed by atoms with Gasteiger partial charge in [0.2, 0.25) is 0 Å². The molecule has 0 radical (unpaired) electrons. The molecular weight excluding hydrogens is 342 g/mol. The monoisotopic (exact) mass is 358 g/mol. The number of hydrogen-bond donors (Lipinski definition) is 1. The number of nitrogens with one attached hydrogen (secondary N) is 1. The van der Waals surface area contributed by atoms with Gasteiger partial charge in [-0.2, -0.15) is 13.9 Å². The smallest absolute Gasteiger partial charge is 0.387 e. The molecule has 1 N–H and O–H groups in total. The summed E-state index contributed by atoms with van der Waals surface area (Å²) in [5.41, 5.74) is 5.37. The van der Waals surface area contributed by atoms with Crippen LogP contribution in [-0.2, 0) is 11.3 Å². The number of rotatable bonds is 6. The van der Waals surface area contributed by atoms with Crippen LogP contribution in [0.1, 0.15) is 12.5 Å². The van der Waals surface area contributed by atoms with Gasteiger partial charge in [0, 0.05) is 0 Å². The molecule has 0 aliphatic heterocycles. The predicted molar refractivity (Wildman–Crippen MR) is 93.2 cm³/mol. The molecular formula is C18H16F2N4O2. The zero-order valence-electron chi connectivity index (χ0n) is 13.9. The SMILES string of the molecule is C/C(=N/NC(=O)Cn1cnc2ccccc21)c1ccc(OC(F)F)cc1. The Kier molecular flexibility index (Phi) is 5.21. The number of halogens is 2. The van der Waals surface area contributed by atoms with E-state index in [2.05, 4.69) is 20.2 Å². The second-order valence-corrected chi connectivity index (χ2v) is 5.50. The number of ether oxygens (including phenoxy) is 1. The molecule has 0 saturated heterocycles. The van der Waals surface area contributed by atoms with Crippen LogP contribution in [0.5, 0.6) is 5.75 Å². The van der Waals surface area contributed by atoms with Gasteiger partial charge in [-0.05, 0) is 48.9 Å². The summed E-state index contributed by atoms with van der Waals surface area (Å²) in [6, 6.07) is 13.5. The summed E-state index contributed by atoms with van der Waals surface area (Å²) >= 11 is 0. The molecule has 6 nitrogen and oxygen atoms in total. The fourth-order valence-electron chi connectivity index (χ4n) is 2.41. The molecule has 2 aromatic carbocycles. The summed E-state index contributed by atoms with van der Waals surface area (Å²) in [5, 5.41) is 4.04. The number of para-hydroxylation sites is 2. The van der Waals surface area contributed by atoms with E-state index >= 15 is 0 Å². The molecule has 1 amide bonds. The van der Waals surface area contributed by atoms with Crippen molar-refractivity contribution in [3.63, 3.8) is 0 Å². The fourth-order valence-corrected chi connectivity index (χ4v) is 2.41. The largest absolute Gasteiger partial charge is 0.435 e. The minimum Gasteiger partial charge on any atom is -0.435 e. The topological polar surface area (TPSA) is 68.5 Å². The molecule has 0 saturated carbocycles. The highest BCUT2D eigenvalue weighted by molar-refractivity contribution is 5.99. The van der Waals surface area contributed by atoms with E-state index in [-0.39, 0.29) is 18.2 Å². The van der Waals surface area contributed by atoms with Crippen LogP contribution in [0.2, 0.25) is 0 Å². The molecule has 8 heteroatoms. The van der Waals surface area contributed by atoms with Gasteiger partial charge in [0.15, 0.2) is 0 Å². The van der Waals surface area contributed by atoms with Crippen LogP contribution >= 0.6 is 0 Å². The number of hydrazone groups is 1. The van der Waals surface area contributed by atoms with Crippen molar-refractivity contribution in [1.29, 1.82) is 0 Å².